The lowest BCUT2D eigenvalue weighted by Gasteiger charge is -2.19. The zero-order valence-corrected chi connectivity index (χ0v) is 15.9. The van der Waals surface area contributed by atoms with Crippen LogP contribution in [0.25, 0.3) is 11.0 Å². The monoisotopic (exact) mass is 431 g/mol. The minimum Gasteiger partial charge on any atom is -1.00 e. The quantitative estimate of drug-likeness (QED) is 0.332. The summed E-state index contributed by atoms with van der Waals surface area (Å²) in [5.74, 6) is -0.675. The van der Waals surface area contributed by atoms with Gasteiger partial charge < -0.3 is 34.0 Å². The molecule has 0 aliphatic rings. The van der Waals surface area contributed by atoms with E-state index in [-0.39, 0.29) is 42.3 Å². The topological polar surface area (TPSA) is 64.2 Å². The largest absolute Gasteiger partial charge is 1.00 e. The van der Waals surface area contributed by atoms with Crippen molar-refractivity contribution < 1.29 is 42.9 Å². The number of carbonyl (C=O) groups is 2. The Labute approximate surface area is 152 Å². The van der Waals surface area contributed by atoms with Crippen LogP contribution in [0.15, 0.2) is 30.6 Å². The molecule has 1 amide bonds. The molecule has 1 aromatic carbocycles. The summed E-state index contributed by atoms with van der Waals surface area (Å²) in [5, 5.41) is 2.75. The first-order chi connectivity index (χ1) is 10.4. The fourth-order valence-corrected chi connectivity index (χ4v) is 2.46. The highest BCUT2D eigenvalue weighted by atomic mass is 127. The highest BCUT2D eigenvalue weighted by molar-refractivity contribution is 5.85. The number of benzene rings is 1. The summed E-state index contributed by atoms with van der Waals surface area (Å²) in [7, 11) is 3.26. The molecule has 0 fully saturated rings. The fraction of sp³-hybridized carbons (Fsp3) is 0.438. The third-order valence-electron chi connectivity index (χ3n) is 3.64. The number of ether oxygens (including phenoxy) is 1. The van der Waals surface area contributed by atoms with Crippen molar-refractivity contribution in [1.29, 1.82) is 0 Å². The summed E-state index contributed by atoms with van der Waals surface area (Å²) >= 11 is 0. The van der Waals surface area contributed by atoms with Crippen LogP contribution in [0.4, 0.5) is 0 Å². The molecule has 23 heavy (non-hydrogen) atoms. The summed E-state index contributed by atoms with van der Waals surface area (Å²) in [6.45, 7) is 3.89. The number of esters is 1. The number of hydrogen-bond acceptors (Lipinski definition) is 3. The van der Waals surface area contributed by atoms with Gasteiger partial charge in [-0.25, -0.2) is 13.9 Å². The summed E-state index contributed by atoms with van der Waals surface area (Å²) in [6, 6.07) is 7.21. The Balaban J connectivity index is 0.00000264. The first-order valence-corrected chi connectivity index (χ1v) is 7.24. The van der Waals surface area contributed by atoms with Gasteiger partial charge in [0.1, 0.15) is 6.04 Å². The van der Waals surface area contributed by atoms with E-state index in [1.807, 2.05) is 60.6 Å². The molecule has 0 bridgehead atoms. The number of halogens is 1. The second-order valence-electron chi connectivity index (χ2n) is 5.66. The van der Waals surface area contributed by atoms with E-state index in [9.17, 15) is 9.59 Å². The molecule has 126 valence electrons. The van der Waals surface area contributed by atoms with Crippen molar-refractivity contribution in [2.45, 2.75) is 26.4 Å². The van der Waals surface area contributed by atoms with Gasteiger partial charge in [0.2, 0.25) is 6.33 Å². The summed E-state index contributed by atoms with van der Waals surface area (Å²) in [6.07, 6.45) is 1.87. The zero-order valence-electron chi connectivity index (χ0n) is 13.7. The number of rotatable bonds is 5. The second kappa shape index (κ2) is 8.28. The van der Waals surface area contributed by atoms with E-state index in [1.165, 1.54) is 7.11 Å². The maximum absolute atomic E-state index is 12.3. The van der Waals surface area contributed by atoms with E-state index in [0.29, 0.717) is 0 Å². The van der Waals surface area contributed by atoms with Crippen LogP contribution in [0.2, 0.25) is 0 Å². The van der Waals surface area contributed by atoms with E-state index in [0.717, 1.165) is 11.0 Å². The third kappa shape index (κ3) is 4.43. The van der Waals surface area contributed by atoms with Gasteiger partial charge in [0.05, 0.1) is 14.2 Å². The summed E-state index contributed by atoms with van der Waals surface area (Å²) < 4.78 is 8.56. The Kier molecular flexibility index (Phi) is 6.99. The SMILES string of the molecule is COC(=O)C(NC(=O)Cn1c[n+](C)c2ccccc21)C(C)C.[I-]. The van der Waals surface area contributed by atoms with Gasteiger partial charge in [-0.3, -0.25) is 4.79 Å². The fourth-order valence-electron chi connectivity index (χ4n) is 2.46. The van der Waals surface area contributed by atoms with Crippen molar-refractivity contribution in [3.8, 4) is 0 Å². The highest BCUT2D eigenvalue weighted by Gasteiger charge is 2.26. The molecule has 0 aliphatic carbocycles. The van der Waals surface area contributed by atoms with Crippen molar-refractivity contribution in [1.82, 2.24) is 9.88 Å². The summed E-state index contributed by atoms with van der Waals surface area (Å²) in [5.41, 5.74) is 2.02. The molecule has 1 heterocycles. The Bertz CT molecular complexity index is 697. The number of nitrogens with zero attached hydrogens (tertiary/aromatic N) is 2. The number of aryl methyl sites for hydroxylation is 1. The predicted molar refractivity (Wildman–Crippen MR) is 81.9 cm³/mol. The molecule has 0 saturated heterocycles. The molecule has 2 aromatic rings. The van der Waals surface area contributed by atoms with Crippen molar-refractivity contribution in [3.05, 3.63) is 30.6 Å². The number of fused-ring (bicyclic) bond motifs is 1. The standard InChI is InChI=1S/C16H21N3O3.HI/c1-11(2)15(16(21)22-4)17-14(20)9-19-10-18(3)12-7-5-6-8-13(12)19;/h5-8,10-11,15H,9H2,1-4H3;1H. The average Bonchev–Trinajstić information content (AvgIpc) is 2.80. The van der Waals surface area contributed by atoms with Crippen molar-refractivity contribution in [2.24, 2.45) is 13.0 Å². The minimum atomic E-state index is -0.631. The molecule has 2 rings (SSSR count). The maximum Gasteiger partial charge on any atom is 0.328 e. The number of amides is 1. The van der Waals surface area contributed by atoms with Crippen LogP contribution < -0.4 is 33.9 Å². The van der Waals surface area contributed by atoms with Crippen LogP contribution >= 0.6 is 0 Å². The van der Waals surface area contributed by atoms with Gasteiger partial charge in [-0.1, -0.05) is 26.0 Å². The summed E-state index contributed by atoms with van der Waals surface area (Å²) in [4.78, 5) is 24.0. The number of para-hydroxylation sites is 2. The molecule has 7 heteroatoms. The molecule has 1 unspecified atom stereocenters. The van der Waals surface area contributed by atoms with Crippen LogP contribution in [0.3, 0.4) is 0 Å². The average molecular weight is 431 g/mol. The van der Waals surface area contributed by atoms with Gasteiger partial charge in [-0.15, -0.1) is 0 Å². The number of hydrogen-bond donors (Lipinski definition) is 1. The van der Waals surface area contributed by atoms with Gasteiger partial charge in [0.25, 0.3) is 5.91 Å². The lowest BCUT2D eigenvalue weighted by molar-refractivity contribution is -0.645. The molecule has 1 aromatic heterocycles. The van der Waals surface area contributed by atoms with Gasteiger partial charge in [0, 0.05) is 0 Å². The molecule has 0 saturated carbocycles. The lowest BCUT2D eigenvalue weighted by atomic mass is 10.0. The molecular weight excluding hydrogens is 409 g/mol. The lowest BCUT2D eigenvalue weighted by Crippen LogP contribution is -3.00. The van der Waals surface area contributed by atoms with Gasteiger partial charge in [-0.05, 0) is 18.1 Å². The molecule has 6 nitrogen and oxygen atoms in total. The van der Waals surface area contributed by atoms with E-state index < -0.39 is 12.0 Å². The minimum absolute atomic E-state index is 0. The number of methoxy groups -OCH3 is 1. The van der Waals surface area contributed by atoms with Crippen LogP contribution in [-0.2, 0) is 27.9 Å². The third-order valence-corrected chi connectivity index (χ3v) is 3.64. The molecule has 1 N–H and O–H groups in total. The Morgan fingerprint density at radius 2 is 1.96 bits per heavy atom. The first-order valence-electron chi connectivity index (χ1n) is 7.24. The normalized spacial score (nSPS) is 11.9. The van der Waals surface area contributed by atoms with Crippen molar-refractivity contribution in [3.63, 3.8) is 0 Å². The Morgan fingerprint density at radius 3 is 2.57 bits per heavy atom. The number of imidazole rings is 1. The molecule has 1 atom stereocenters. The van der Waals surface area contributed by atoms with Crippen LogP contribution in [0.5, 0.6) is 0 Å². The number of nitrogens with one attached hydrogen (secondary N) is 1. The zero-order chi connectivity index (χ0) is 16.3. The van der Waals surface area contributed by atoms with Crippen LogP contribution in [0, 0.1) is 5.92 Å². The van der Waals surface area contributed by atoms with E-state index in [1.54, 1.807) is 0 Å². The first kappa shape index (κ1) is 19.4. The molecule has 0 spiro atoms. The molecule has 0 aliphatic heterocycles. The van der Waals surface area contributed by atoms with E-state index in [2.05, 4.69) is 5.32 Å². The Morgan fingerprint density at radius 1 is 1.30 bits per heavy atom. The van der Waals surface area contributed by atoms with Gasteiger partial charge in [0.15, 0.2) is 17.6 Å². The Hall–Kier alpha value is -1.64. The highest BCUT2D eigenvalue weighted by Crippen LogP contribution is 2.10. The van der Waals surface area contributed by atoms with Crippen molar-refractivity contribution >= 4 is 22.9 Å². The number of carbonyl (C=O) groups excluding carboxylic acids is 2. The van der Waals surface area contributed by atoms with E-state index in [4.69, 9.17) is 4.74 Å². The van der Waals surface area contributed by atoms with Gasteiger partial charge >= 0.3 is 5.97 Å². The van der Waals surface area contributed by atoms with Crippen LogP contribution in [-0.4, -0.2) is 29.6 Å². The number of aromatic nitrogens is 2. The smallest absolute Gasteiger partial charge is 0.328 e. The molecule has 0 radical (unpaired) electrons. The van der Waals surface area contributed by atoms with E-state index >= 15 is 0 Å². The molecular formula is C16H22IN3O3. The van der Waals surface area contributed by atoms with Crippen molar-refractivity contribution in [2.75, 3.05) is 7.11 Å². The van der Waals surface area contributed by atoms with Crippen LogP contribution in [0.1, 0.15) is 13.8 Å². The van der Waals surface area contributed by atoms with Gasteiger partial charge in [-0.2, -0.15) is 0 Å². The predicted octanol–water partition coefficient (Wildman–Crippen LogP) is -2.22. The second-order valence-corrected chi connectivity index (χ2v) is 5.66. The maximum atomic E-state index is 12.3.